The van der Waals surface area contributed by atoms with Crippen LogP contribution >= 0.6 is 0 Å². The Morgan fingerprint density at radius 3 is 2.65 bits per heavy atom. The van der Waals surface area contributed by atoms with Gasteiger partial charge in [-0.2, -0.15) is 0 Å². The summed E-state index contributed by atoms with van der Waals surface area (Å²) >= 11 is 0. The molecule has 0 bridgehead atoms. The molecule has 0 spiro atoms. The lowest BCUT2D eigenvalue weighted by molar-refractivity contribution is -0.00788. The van der Waals surface area contributed by atoms with Crippen molar-refractivity contribution in [2.45, 2.75) is 51.2 Å². The van der Waals surface area contributed by atoms with Gasteiger partial charge in [-0.05, 0) is 44.6 Å². The molecule has 0 aliphatic heterocycles. The summed E-state index contributed by atoms with van der Waals surface area (Å²) in [6, 6.07) is 8.22. The van der Waals surface area contributed by atoms with E-state index < -0.39 is 5.60 Å². The second-order valence-electron chi connectivity index (χ2n) is 6.25. The van der Waals surface area contributed by atoms with Crippen molar-refractivity contribution in [1.82, 2.24) is 5.32 Å². The van der Waals surface area contributed by atoms with E-state index in [1.807, 2.05) is 18.2 Å². The summed E-state index contributed by atoms with van der Waals surface area (Å²) in [7, 11) is 1.70. The maximum Gasteiger partial charge on any atom is 0.123 e. The number of rotatable bonds is 5. The average molecular weight is 277 g/mol. The fourth-order valence-electron chi connectivity index (χ4n) is 2.95. The molecule has 1 saturated carbocycles. The number of nitrogens with one attached hydrogen (secondary N) is 1. The number of hydrogen-bond donors (Lipinski definition) is 2. The molecule has 0 saturated heterocycles. The van der Waals surface area contributed by atoms with Crippen molar-refractivity contribution in [3.8, 4) is 5.75 Å². The summed E-state index contributed by atoms with van der Waals surface area (Å²) in [6.45, 7) is 5.04. The van der Waals surface area contributed by atoms with Crippen molar-refractivity contribution in [3.05, 3.63) is 29.8 Å². The van der Waals surface area contributed by atoms with Gasteiger partial charge in [0.2, 0.25) is 0 Å². The third-order valence-corrected chi connectivity index (χ3v) is 4.55. The van der Waals surface area contributed by atoms with Gasteiger partial charge in [-0.25, -0.2) is 0 Å². The summed E-state index contributed by atoms with van der Waals surface area (Å²) in [4.78, 5) is 0. The lowest BCUT2D eigenvalue weighted by atomic mass is 9.79. The van der Waals surface area contributed by atoms with Crippen LogP contribution in [0.3, 0.4) is 0 Å². The SMILES string of the molecule is COc1ccccc1C(C)NCC1(O)CCC(C)CC1. The highest BCUT2D eigenvalue weighted by Crippen LogP contribution is 2.32. The van der Waals surface area contributed by atoms with Crippen molar-refractivity contribution in [1.29, 1.82) is 0 Å². The van der Waals surface area contributed by atoms with E-state index in [0.29, 0.717) is 6.54 Å². The van der Waals surface area contributed by atoms with Gasteiger partial charge < -0.3 is 15.2 Å². The van der Waals surface area contributed by atoms with Crippen molar-refractivity contribution in [2.75, 3.05) is 13.7 Å². The number of benzene rings is 1. The third kappa shape index (κ3) is 3.74. The molecule has 1 aliphatic rings. The maximum atomic E-state index is 10.6. The minimum atomic E-state index is -0.539. The van der Waals surface area contributed by atoms with Crippen LogP contribution in [0.1, 0.15) is 51.1 Å². The minimum Gasteiger partial charge on any atom is -0.496 e. The summed E-state index contributed by atoms with van der Waals surface area (Å²) in [5.41, 5.74) is 0.603. The van der Waals surface area contributed by atoms with E-state index in [9.17, 15) is 5.11 Å². The van der Waals surface area contributed by atoms with Gasteiger partial charge in [0.05, 0.1) is 12.7 Å². The molecule has 0 aromatic heterocycles. The normalized spacial score (nSPS) is 28.1. The van der Waals surface area contributed by atoms with Crippen LogP contribution in [0.4, 0.5) is 0 Å². The lowest BCUT2D eigenvalue weighted by Crippen LogP contribution is -2.44. The van der Waals surface area contributed by atoms with Gasteiger partial charge in [0.15, 0.2) is 0 Å². The topological polar surface area (TPSA) is 41.5 Å². The van der Waals surface area contributed by atoms with Gasteiger partial charge in [-0.3, -0.25) is 0 Å². The van der Waals surface area contributed by atoms with E-state index in [4.69, 9.17) is 4.74 Å². The van der Waals surface area contributed by atoms with Crippen LogP contribution in [0.25, 0.3) is 0 Å². The molecule has 1 aromatic carbocycles. The van der Waals surface area contributed by atoms with E-state index >= 15 is 0 Å². The molecular weight excluding hydrogens is 250 g/mol. The number of hydrogen-bond acceptors (Lipinski definition) is 3. The van der Waals surface area contributed by atoms with E-state index in [0.717, 1.165) is 42.9 Å². The van der Waals surface area contributed by atoms with Gasteiger partial charge in [0.25, 0.3) is 0 Å². The van der Waals surface area contributed by atoms with E-state index in [-0.39, 0.29) is 6.04 Å². The van der Waals surface area contributed by atoms with Crippen LogP contribution in [0.15, 0.2) is 24.3 Å². The molecule has 112 valence electrons. The quantitative estimate of drug-likeness (QED) is 0.868. The summed E-state index contributed by atoms with van der Waals surface area (Å²) in [5.74, 6) is 1.65. The standard InChI is InChI=1S/C17H27NO2/c1-13-8-10-17(19,11-9-13)12-18-14(2)15-6-4-5-7-16(15)20-3/h4-7,13-14,18-19H,8-12H2,1-3H3. The van der Waals surface area contributed by atoms with Gasteiger partial charge >= 0.3 is 0 Å². The van der Waals surface area contributed by atoms with Crippen molar-refractivity contribution in [2.24, 2.45) is 5.92 Å². The molecule has 0 radical (unpaired) electrons. The van der Waals surface area contributed by atoms with Crippen LogP contribution < -0.4 is 10.1 Å². The van der Waals surface area contributed by atoms with Crippen LogP contribution in [0, 0.1) is 5.92 Å². The molecule has 3 heteroatoms. The Morgan fingerprint density at radius 1 is 1.35 bits per heavy atom. The molecule has 1 unspecified atom stereocenters. The Bertz CT molecular complexity index is 425. The van der Waals surface area contributed by atoms with Crippen molar-refractivity contribution in [3.63, 3.8) is 0 Å². The molecule has 2 N–H and O–H groups in total. The Kier molecular flexibility index (Phi) is 5.06. The smallest absolute Gasteiger partial charge is 0.123 e. The Morgan fingerprint density at radius 2 is 2.00 bits per heavy atom. The fraction of sp³-hybridized carbons (Fsp3) is 0.647. The largest absolute Gasteiger partial charge is 0.496 e. The molecule has 1 aromatic rings. The third-order valence-electron chi connectivity index (χ3n) is 4.55. The van der Waals surface area contributed by atoms with Gasteiger partial charge in [-0.15, -0.1) is 0 Å². The first-order chi connectivity index (χ1) is 9.54. The second-order valence-corrected chi connectivity index (χ2v) is 6.25. The first-order valence-electron chi connectivity index (χ1n) is 7.63. The molecule has 0 heterocycles. The number of ether oxygens (including phenoxy) is 1. The zero-order valence-electron chi connectivity index (χ0n) is 12.9. The Balaban J connectivity index is 1.93. The first-order valence-corrected chi connectivity index (χ1v) is 7.63. The second kappa shape index (κ2) is 6.59. The van der Waals surface area contributed by atoms with Gasteiger partial charge in [0.1, 0.15) is 5.75 Å². The molecule has 0 amide bonds. The zero-order chi connectivity index (χ0) is 14.6. The molecule has 2 rings (SSSR count). The zero-order valence-corrected chi connectivity index (χ0v) is 12.9. The molecule has 3 nitrogen and oxygen atoms in total. The van der Waals surface area contributed by atoms with Crippen LogP contribution in [-0.4, -0.2) is 24.4 Å². The summed E-state index contributed by atoms with van der Waals surface area (Å²) in [5, 5.41) is 14.1. The number of para-hydroxylation sites is 1. The predicted octanol–water partition coefficient (Wildman–Crippen LogP) is 3.29. The molecular formula is C17H27NO2. The van der Waals surface area contributed by atoms with E-state index in [1.165, 1.54) is 0 Å². The molecule has 1 atom stereocenters. The molecule has 20 heavy (non-hydrogen) atoms. The van der Waals surface area contributed by atoms with Crippen LogP contribution in [0.5, 0.6) is 5.75 Å². The summed E-state index contributed by atoms with van der Waals surface area (Å²) in [6.07, 6.45) is 4.06. The van der Waals surface area contributed by atoms with Crippen molar-refractivity contribution >= 4 is 0 Å². The summed E-state index contributed by atoms with van der Waals surface area (Å²) < 4.78 is 5.39. The van der Waals surface area contributed by atoms with E-state index in [2.05, 4.69) is 25.2 Å². The highest BCUT2D eigenvalue weighted by molar-refractivity contribution is 5.35. The Labute approximate surface area is 122 Å². The monoisotopic (exact) mass is 277 g/mol. The number of aliphatic hydroxyl groups is 1. The highest BCUT2D eigenvalue weighted by atomic mass is 16.5. The molecule has 1 aliphatic carbocycles. The number of methoxy groups -OCH3 is 1. The van der Waals surface area contributed by atoms with Crippen molar-refractivity contribution < 1.29 is 9.84 Å². The van der Waals surface area contributed by atoms with Gasteiger partial charge in [0, 0.05) is 18.2 Å². The van der Waals surface area contributed by atoms with Crippen LogP contribution in [-0.2, 0) is 0 Å². The van der Waals surface area contributed by atoms with E-state index in [1.54, 1.807) is 7.11 Å². The highest BCUT2D eigenvalue weighted by Gasteiger charge is 2.31. The average Bonchev–Trinajstić information content (AvgIpc) is 2.48. The Hall–Kier alpha value is -1.06. The van der Waals surface area contributed by atoms with Crippen LogP contribution in [0.2, 0.25) is 0 Å². The maximum absolute atomic E-state index is 10.6. The minimum absolute atomic E-state index is 0.175. The van der Waals surface area contributed by atoms with Gasteiger partial charge in [-0.1, -0.05) is 25.1 Å². The fourth-order valence-corrected chi connectivity index (χ4v) is 2.95. The lowest BCUT2D eigenvalue weighted by Gasteiger charge is -2.36. The molecule has 1 fully saturated rings. The predicted molar refractivity (Wildman–Crippen MR) is 82.0 cm³/mol. The first kappa shape index (κ1) is 15.3.